The molecule has 5 nitrogen and oxygen atoms in total. The molecule has 1 aromatic carbocycles. The molecule has 5 heteroatoms. The van der Waals surface area contributed by atoms with E-state index in [1.807, 2.05) is 38.2 Å². The summed E-state index contributed by atoms with van der Waals surface area (Å²) in [7, 11) is 1.83. The zero-order valence-corrected chi connectivity index (χ0v) is 13.5. The molecule has 122 valence electrons. The molecule has 1 unspecified atom stereocenters. The van der Waals surface area contributed by atoms with E-state index in [1.165, 1.54) is 0 Å². The highest BCUT2D eigenvalue weighted by atomic mass is 16.5. The predicted octanol–water partition coefficient (Wildman–Crippen LogP) is 1.81. The second-order valence-electron chi connectivity index (χ2n) is 5.59. The van der Waals surface area contributed by atoms with Gasteiger partial charge < -0.3 is 19.7 Å². The second kappa shape index (κ2) is 8.76. The van der Waals surface area contributed by atoms with E-state index in [0.29, 0.717) is 19.7 Å². The molecule has 0 saturated carbocycles. The topological polar surface area (TPSA) is 50.8 Å². The first-order chi connectivity index (χ1) is 10.7. The molecule has 0 aliphatic carbocycles. The monoisotopic (exact) mass is 306 g/mol. The zero-order valence-electron chi connectivity index (χ0n) is 13.5. The van der Waals surface area contributed by atoms with Gasteiger partial charge in [0, 0.05) is 26.7 Å². The Hall–Kier alpha value is -1.59. The van der Waals surface area contributed by atoms with Gasteiger partial charge in [0.25, 0.3) is 0 Å². The Morgan fingerprint density at radius 2 is 2.18 bits per heavy atom. The van der Waals surface area contributed by atoms with Crippen LogP contribution in [-0.2, 0) is 16.1 Å². The zero-order chi connectivity index (χ0) is 15.8. The van der Waals surface area contributed by atoms with Crippen molar-refractivity contribution in [1.29, 1.82) is 0 Å². The summed E-state index contributed by atoms with van der Waals surface area (Å²) in [6.45, 7) is 5.18. The average Bonchev–Trinajstić information content (AvgIpc) is 3.02. The highest BCUT2D eigenvalue weighted by Crippen LogP contribution is 2.13. The van der Waals surface area contributed by atoms with Crippen LogP contribution in [0, 0.1) is 0 Å². The van der Waals surface area contributed by atoms with Crippen LogP contribution >= 0.6 is 0 Å². The van der Waals surface area contributed by atoms with Crippen molar-refractivity contribution in [3.8, 4) is 5.75 Å². The summed E-state index contributed by atoms with van der Waals surface area (Å²) in [5, 5.41) is 3.18. The number of benzene rings is 1. The Labute approximate surface area is 132 Å². The lowest BCUT2D eigenvalue weighted by atomic mass is 10.2. The van der Waals surface area contributed by atoms with E-state index >= 15 is 0 Å². The van der Waals surface area contributed by atoms with Crippen molar-refractivity contribution in [2.24, 2.45) is 0 Å². The largest absolute Gasteiger partial charge is 0.494 e. The third kappa shape index (κ3) is 5.31. The molecule has 1 N–H and O–H groups in total. The molecule has 1 fully saturated rings. The van der Waals surface area contributed by atoms with Crippen molar-refractivity contribution >= 4 is 5.91 Å². The van der Waals surface area contributed by atoms with Gasteiger partial charge in [0.05, 0.1) is 19.3 Å². The SMILES string of the molecule is CCOc1ccc(CN(C)C(=O)CNCC2CCCO2)cc1. The molecule has 0 spiro atoms. The molecule has 2 rings (SSSR count). The maximum atomic E-state index is 12.1. The normalized spacial score (nSPS) is 17.5. The van der Waals surface area contributed by atoms with Gasteiger partial charge in [-0.25, -0.2) is 0 Å². The summed E-state index contributed by atoms with van der Waals surface area (Å²) in [4.78, 5) is 13.8. The quantitative estimate of drug-likeness (QED) is 0.796. The third-order valence-electron chi connectivity index (χ3n) is 3.75. The number of carbonyl (C=O) groups excluding carboxylic acids is 1. The fourth-order valence-electron chi connectivity index (χ4n) is 2.50. The summed E-state index contributed by atoms with van der Waals surface area (Å²) in [5.41, 5.74) is 1.10. The van der Waals surface area contributed by atoms with Crippen molar-refractivity contribution in [3.63, 3.8) is 0 Å². The molecule has 1 aliphatic heterocycles. The van der Waals surface area contributed by atoms with Gasteiger partial charge in [-0.05, 0) is 37.5 Å². The van der Waals surface area contributed by atoms with Crippen LogP contribution in [0.25, 0.3) is 0 Å². The van der Waals surface area contributed by atoms with E-state index in [1.54, 1.807) is 4.90 Å². The van der Waals surface area contributed by atoms with Crippen molar-refractivity contribution in [2.45, 2.75) is 32.4 Å². The fourth-order valence-corrected chi connectivity index (χ4v) is 2.50. The lowest BCUT2D eigenvalue weighted by molar-refractivity contribution is -0.129. The molecular weight excluding hydrogens is 280 g/mol. The summed E-state index contributed by atoms with van der Waals surface area (Å²) < 4.78 is 10.9. The van der Waals surface area contributed by atoms with Gasteiger partial charge in [-0.15, -0.1) is 0 Å². The lowest BCUT2D eigenvalue weighted by Crippen LogP contribution is -2.38. The van der Waals surface area contributed by atoms with Crippen molar-refractivity contribution < 1.29 is 14.3 Å². The van der Waals surface area contributed by atoms with Gasteiger partial charge in [0.15, 0.2) is 0 Å². The predicted molar refractivity (Wildman–Crippen MR) is 85.9 cm³/mol. The molecule has 1 saturated heterocycles. The molecular formula is C17H26N2O3. The minimum atomic E-state index is 0.0897. The molecule has 0 aromatic heterocycles. The second-order valence-corrected chi connectivity index (χ2v) is 5.59. The lowest BCUT2D eigenvalue weighted by Gasteiger charge is -2.18. The van der Waals surface area contributed by atoms with Crippen molar-refractivity contribution in [2.75, 3.05) is 33.4 Å². The van der Waals surface area contributed by atoms with E-state index in [4.69, 9.17) is 9.47 Å². The first kappa shape index (κ1) is 16.8. The standard InChI is InChI=1S/C17H26N2O3/c1-3-21-15-8-6-14(7-9-15)13-19(2)17(20)12-18-11-16-5-4-10-22-16/h6-9,16,18H,3-5,10-13H2,1-2H3. The maximum absolute atomic E-state index is 12.1. The number of likely N-dealkylation sites (N-methyl/N-ethyl adjacent to an activating group) is 1. The van der Waals surface area contributed by atoms with Gasteiger partial charge in [0.1, 0.15) is 5.75 Å². The molecule has 1 amide bonds. The van der Waals surface area contributed by atoms with Crippen LogP contribution in [0.3, 0.4) is 0 Å². The Balaban J connectivity index is 1.70. The molecule has 0 radical (unpaired) electrons. The van der Waals surface area contributed by atoms with Crippen LogP contribution < -0.4 is 10.1 Å². The number of nitrogens with zero attached hydrogens (tertiary/aromatic N) is 1. The number of hydrogen-bond donors (Lipinski definition) is 1. The van der Waals surface area contributed by atoms with E-state index < -0.39 is 0 Å². The summed E-state index contributed by atoms with van der Waals surface area (Å²) in [6.07, 6.45) is 2.48. The van der Waals surface area contributed by atoms with E-state index in [2.05, 4.69) is 5.32 Å². The molecule has 0 bridgehead atoms. The summed E-state index contributed by atoms with van der Waals surface area (Å²) in [6, 6.07) is 7.86. The Morgan fingerprint density at radius 1 is 1.41 bits per heavy atom. The van der Waals surface area contributed by atoms with Gasteiger partial charge in [0.2, 0.25) is 5.91 Å². The minimum Gasteiger partial charge on any atom is -0.494 e. The van der Waals surface area contributed by atoms with Gasteiger partial charge in [-0.1, -0.05) is 12.1 Å². The van der Waals surface area contributed by atoms with Gasteiger partial charge in [-0.3, -0.25) is 4.79 Å². The van der Waals surface area contributed by atoms with Crippen LogP contribution in [0.2, 0.25) is 0 Å². The first-order valence-electron chi connectivity index (χ1n) is 7.97. The average molecular weight is 306 g/mol. The fraction of sp³-hybridized carbons (Fsp3) is 0.588. The van der Waals surface area contributed by atoms with Gasteiger partial charge in [-0.2, -0.15) is 0 Å². The van der Waals surface area contributed by atoms with Crippen LogP contribution in [0.5, 0.6) is 5.75 Å². The summed E-state index contributed by atoms with van der Waals surface area (Å²) in [5.74, 6) is 0.949. The molecule has 1 heterocycles. The molecule has 22 heavy (non-hydrogen) atoms. The summed E-state index contributed by atoms with van der Waals surface area (Å²) >= 11 is 0. The Morgan fingerprint density at radius 3 is 2.82 bits per heavy atom. The number of carbonyl (C=O) groups is 1. The van der Waals surface area contributed by atoms with Gasteiger partial charge >= 0.3 is 0 Å². The van der Waals surface area contributed by atoms with Crippen molar-refractivity contribution in [1.82, 2.24) is 10.2 Å². The molecule has 1 aromatic rings. The number of nitrogens with one attached hydrogen (secondary N) is 1. The Kier molecular flexibility index (Phi) is 6.68. The van der Waals surface area contributed by atoms with Crippen LogP contribution in [0.4, 0.5) is 0 Å². The van der Waals surface area contributed by atoms with E-state index in [0.717, 1.165) is 37.3 Å². The number of ether oxygens (including phenoxy) is 2. The van der Waals surface area contributed by atoms with Crippen LogP contribution in [0.1, 0.15) is 25.3 Å². The first-order valence-corrected chi connectivity index (χ1v) is 7.97. The van der Waals surface area contributed by atoms with Crippen LogP contribution in [-0.4, -0.2) is 50.3 Å². The molecule has 1 atom stereocenters. The third-order valence-corrected chi connectivity index (χ3v) is 3.75. The number of amides is 1. The number of rotatable bonds is 8. The molecule has 1 aliphatic rings. The minimum absolute atomic E-state index is 0.0897. The maximum Gasteiger partial charge on any atom is 0.236 e. The Bertz CT molecular complexity index is 455. The van der Waals surface area contributed by atoms with E-state index in [-0.39, 0.29) is 12.0 Å². The highest BCUT2D eigenvalue weighted by Gasteiger charge is 2.16. The highest BCUT2D eigenvalue weighted by molar-refractivity contribution is 5.77. The van der Waals surface area contributed by atoms with E-state index in [9.17, 15) is 4.79 Å². The number of hydrogen-bond acceptors (Lipinski definition) is 4. The van der Waals surface area contributed by atoms with Crippen LogP contribution in [0.15, 0.2) is 24.3 Å². The van der Waals surface area contributed by atoms with Crippen molar-refractivity contribution in [3.05, 3.63) is 29.8 Å². The smallest absolute Gasteiger partial charge is 0.236 e.